The van der Waals surface area contributed by atoms with Crippen molar-refractivity contribution in [2.45, 2.75) is 62.2 Å². The van der Waals surface area contributed by atoms with Crippen LogP contribution in [0, 0.1) is 0 Å². The van der Waals surface area contributed by atoms with Crippen molar-refractivity contribution in [1.82, 2.24) is 44.4 Å². The minimum Gasteiger partial charge on any atom is -0.394 e. The molecule has 4 aromatic rings. The number of hydrogen-bond acceptors (Lipinski definition) is 14. The second kappa shape index (κ2) is 10.2. The highest BCUT2D eigenvalue weighted by molar-refractivity contribution is 5.71. The van der Waals surface area contributed by atoms with E-state index in [1.54, 1.807) is 4.57 Å². The maximum Gasteiger partial charge on any atom is 0.280 e. The summed E-state index contributed by atoms with van der Waals surface area (Å²) in [5.41, 5.74) is 11.0. The van der Waals surface area contributed by atoms with Crippen molar-refractivity contribution >= 4 is 34.2 Å². The molecule has 0 aliphatic carbocycles. The van der Waals surface area contributed by atoms with Gasteiger partial charge in [-0.25, -0.2) is 9.97 Å². The number of anilines is 2. The van der Waals surface area contributed by atoms with E-state index < -0.39 is 54.0 Å². The van der Waals surface area contributed by atoms with Gasteiger partial charge in [-0.05, 0) is 19.4 Å². The van der Waals surface area contributed by atoms with Gasteiger partial charge < -0.3 is 41.6 Å². The summed E-state index contributed by atoms with van der Waals surface area (Å²) < 4.78 is 14.9. The minimum atomic E-state index is -1.10. The van der Waals surface area contributed by atoms with Crippen LogP contribution in [0.5, 0.6) is 0 Å². The first-order valence-corrected chi connectivity index (χ1v) is 12.7. The quantitative estimate of drug-likeness (QED) is 0.100. The van der Waals surface area contributed by atoms with E-state index >= 15 is 0 Å². The number of aliphatic hydroxyl groups excluding tert-OH is 3. The Morgan fingerprint density at radius 3 is 2.25 bits per heavy atom. The Labute approximate surface area is 224 Å². The van der Waals surface area contributed by atoms with Crippen molar-refractivity contribution in [2.75, 3.05) is 24.6 Å². The highest BCUT2D eigenvalue weighted by Crippen LogP contribution is 2.33. The lowest BCUT2D eigenvalue weighted by atomic mass is 10.1. The normalized spacial score (nSPS) is 28.7. The summed E-state index contributed by atoms with van der Waals surface area (Å²) in [5, 5.41) is 34.7. The van der Waals surface area contributed by atoms with Gasteiger partial charge in [0.15, 0.2) is 28.6 Å². The Morgan fingerprint density at radius 2 is 1.60 bits per heavy atom. The Balaban J connectivity index is 1.07. The third-order valence-electron chi connectivity index (χ3n) is 7.29. The topological polar surface area (TPSA) is 270 Å². The van der Waals surface area contributed by atoms with Gasteiger partial charge in [0.2, 0.25) is 11.9 Å². The smallest absolute Gasteiger partial charge is 0.280 e. The zero-order valence-corrected chi connectivity index (χ0v) is 21.0. The number of imidazole rings is 2. The van der Waals surface area contributed by atoms with Crippen LogP contribution in [-0.2, 0) is 9.47 Å². The molecule has 40 heavy (non-hydrogen) atoms. The average Bonchev–Trinajstić information content (AvgIpc) is 3.67. The third kappa shape index (κ3) is 4.49. The number of nitrogens with two attached hydrogens (primary N) is 2. The first kappa shape index (κ1) is 26.3. The van der Waals surface area contributed by atoms with E-state index in [0.717, 1.165) is 0 Å². The largest absolute Gasteiger partial charge is 0.394 e. The monoisotopic (exact) mass is 559 g/mol. The second-order valence-corrected chi connectivity index (χ2v) is 9.84. The molecule has 2 aliphatic rings. The number of nitrogens with zero attached hydrogens (tertiary/aromatic N) is 6. The molecule has 6 heterocycles. The number of nitrogens with one attached hydrogen (secondary N) is 3. The molecule has 0 spiro atoms. The number of nitrogen functional groups attached to an aromatic ring is 2. The lowest BCUT2D eigenvalue weighted by Crippen LogP contribution is -2.46. The maximum absolute atomic E-state index is 12.1. The molecule has 2 aliphatic heterocycles. The Morgan fingerprint density at radius 1 is 0.975 bits per heavy atom. The van der Waals surface area contributed by atoms with Crippen LogP contribution in [0.15, 0.2) is 22.2 Å². The van der Waals surface area contributed by atoms with Gasteiger partial charge in [0, 0.05) is 6.42 Å². The molecule has 0 radical (unpaired) electrons. The summed E-state index contributed by atoms with van der Waals surface area (Å²) in [6, 6.07) is -0.638. The van der Waals surface area contributed by atoms with E-state index in [-0.39, 0.29) is 47.3 Å². The van der Waals surface area contributed by atoms with Crippen LogP contribution in [0.1, 0.15) is 31.7 Å². The fourth-order valence-electron chi connectivity index (χ4n) is 5.38. The highest BCUT2D eigenvalue weighted by atomic mass is 16.5. The van der Waals surface area contributed by atoms with Gasteiger partial charge in [0.05, 0.1) is 37.5 Å². The first-order chi connectivity index (χ1) is 19.2. The van der Waals surface area contributed by atoms with Crippen molar-refractivity contribution < 1.29 is 24.8 Å². The number of aromatic amines is 2. The predicted molar refractivity (Wildman–Crippen MR) is 138 cm³/mol. The van der Waals surface area contributed by atoms with Gasteiger partial charge in [-0.2, -0.15) is 9.97 Å². The molecule has 0 unspecified atom stereocenters. The maximum atomic E-state index is 12.1. The van der Waals surface area contributed by atoms with E-state index in [1.165, 1.54) is 17.2 Å². The standard InChI is InChI=1S/C22H29N11O7/c23-21-28-16-13(18(37)30-21)26-6-32(16)11-4-8(35)9(39-11)2-1-3-25-12-10(5-34)40-20(15(12)36)33-7-27-14-17(33)29-22(24)31-19(14)38/h6-12,15,20,25,34-36H,1-5H2,(H3,23,28,30,37)(H3,24,29,31,38)/t8-,9+,10+,11+,12+,15+,20+/m0/s1. The molecule has 10 N–H and O–H groups in total. The van der Waals surface area contributed by atoms with Crippen molar-refractivity contribution in [3.8, 4) is 0 Å². The first-order valence-electron chi connectivity index (χ1n) is 12.7. The van der Waals surface area contributed by atoms with Crippen LogP contribution in [0.25, 0.3) is 22.3 Å². The van der Waals surface area contributed by atoms with Gasteiger partial charge in [-0.3, -0.25) is 28.7 Å². The zero-order valence-electron chi connectivity index (χ0n) is 21.0. The van der Waals surface area contributed by atoms with E-state index in [2.05, 4.69) is 35.2 Å². The van der Waals surface area contributed by atoms with Gasteiger partial charge in [-0.15, -0.1) is 0 Å². The summed E-state index contributed by atoms with van der Waals surface area (Å²) in [7, 11) is 0. The van der Waals surface area contributed by atoms with Crippen LogP contribution >= 0.6 is 0 Å². The molecule has 6 rings (SSSR count). The summed E-state index contributed by atoms with van der Waals surface area (Å²) in [4.78, 5) is 45.3. The lowest BCUT2D eigenvalue weighted by molar-refractivity contribution is -0.0489. The molecule has 18 nitrogen and oxygen atoms in total. The van der Waals surface area contributed by atoms with Gasteiger partial charge in [-0.1, -0.05) is 0 Å². The zero-order chi connectivity index (χ0) is 28.1. The Kier molecular flexibility index (Phi) is 6.72. The van der Waals surface area contributed by atoms with Crippen LogP contribution in [0.4, 0.5) is 11.9 Å². The molecular formula is C22H29N11O7. The fraction of sp³-hybridized carbons (Fsp3) is 0.545. The molecule has 0 saturated carbocycles. The molecule has 0 aromatic carbocycles. The number of H-pyrrole nitrogens is 2. The summed E-state index contributed by atoms with van der Waals surface area (Å²) >= 11 is 0. The second-order valence-electron chi connectivity index (χ2n) is 9.84. The predicted octanol–water partition coefficient (Wildman–Crippen LogP) is -2.95. The number of aliphatic hydroxyl groups is 3. The van der Waals surface area contributed by atoms with E-state index in [4.69, 9.17) is 20.9 Å². The molecule has 2 saturated heterocycles. The number of aromatic nitrogens is 8. The van der Waals surface area contributed by atoms with Gasteiger partial charge >= 0.3 is 0 Å². The Hall–Kier alpha value is -3.94. The molecule has 214 valence electrons. The minimum absolute atomic E-state index is 0.0443. The van der Waals surface area contributed by atoms with Crippen LogP contribution in [0.3, 0.4) is 0 Å². The average molecular weight is 560 g/mol. The number of hydrogen-bond donors (Lipinski definition) is 8. The molecule has 4 aromatic heterocycles. The summed E-state index contributed by atoms with van der Waals surface area (Å²) in [5.74, 6) is -0.147. The third-order valence-corrected chi connectivity index (χ3v) is 7.29. The van der Waals surface area contributed by atoms with Crippen molar-refractivity contribution in [3.05, 3.63) is 33.4 Å². The van der Waals surface area contributed by atoms with E-state index in [9.17, 15) is 24.9 Å². The van der Waals surface area contributed by atoms with Gasteiger partial charge in [0.1, 0.15) is 18.4 Å². The SMILES string of the molecule is Nc1nc2c(ncn2[C@@H]2O[C@H](CO)[C@@H](NCCC[C@H]3O[C@@H](n4cnc5c(=O)[nH]c(N)nc54)C[C@@H]3O)[C@H]2O)c(=O)[nH]1. The van der Waals surface area contributed by atoms with Gasteiger partial charge in [0.25, 0.3) is 11.1 Å². The molecule has 0 amide bonds. The van der Waals surface area contributed by atoms with E-state index in [0.29, 0.717) is 19.4 Å². The molecular weight excluding hydrogens is 530 g/mol. The fourth-order valence-corrected chi connectivity index (χ4v) is 5.38. The Bertz CT molecular complexity index is 1650. The molecule has 0 bridgehead atoms. The summed E-state index contributed by atoms with van der Waals surface area (Å²) in [6.45, 7) is 0.0585. The van der Waals surface area contributed by atoms with Crippen LogP contribution in [-0.4, -0.2) is 98.0 Å². The lowest BCUT2D eigenvalue weighted by Gasteiger charge is -2.21. The van der Waals surface area contributed by atoms with Crippen LogP contribution in [0.2, 0.25) is 0 Å². The molecule has 2 fully saturated rings. The number of ether oxygens (including phenoxy) is 2. The molecule has 18 heteroatoms. The van der Waals surface area contributed by atoms with Crippen molar-refractivity contribution in [1.29, 1.82) is 0 Å². The van der Waals surface area contributed by atoms with E-state index in [1.807, 2.05) is 0 Å². The number of fused-ring (bicyclic) bond motifs is 2. The summed E-state index contributed by atoms with van der Waals surface area (Å²) in [6.07, 6.45) is -0.526. The molecule has 7 atom stereocenters. The van der Waals surface area contributed by atoms with Crippen molar-refractivity contribution in [2.24, 2.45) is 0 Å². The number of rotatable bonds is 8. The van der Waals surface area contributed by atoms with Crippen LogP contribution < -0.4 is 27.9 Å². The van der Waals surface area contributed by atoms with Crippen molar-refractivity contribution in [3.63, 3.8) is 0 Å². The highest BCUT2D eigenvalue weighted by Gasteiger charge is 2.45.